The maximum absolute atomic E-state index is 13.5. The van der Waals surface area contributed by atoms with E-state index in [9.17, 15) is 19.3 Å². The molecule has 0 bridgehead atoms. The summed E-state index contributed by atoms with van der Waals surface area (Å²) >= 11 is 0. The Bertz CT molecular complexity index is 673. The SMILES string of the molecule is Nc1ccc(NC(=O)c2cc([N+](=O)[O-])ccc2F)cn1. The van der Waals surface area contributed by atoms with Crippen molar-refractivity contribution < 1.29 is 14.1 Å². The quantitative estimate of drug-likeness (QED) is 0.657. The molecule has 0 radical (unpaired) electrons. The van der Waals surface area contributed by atoms with E-state index in [1.54, 1.807) is 0 Å². The zero-order chi connectivity index (χ0) is 14.7. The van der Waals surface area contributed by atoms with Gasteiger partial charge in [-0.05, 0) is 18.2 Å². The third-order valence-electron chi connectivity index (χ3n) is 2.45. The van der Waals surface area contributed by atoms with Crippen molar-refractivity contribution in [3.05, 3.63) is 58.0 Å². The molecule has 0 spiro atoms. The van der Waals surface area contributed by atoms with E-state index in [1.165, 1.54) is 18.3 Å². The molecule has 0 unspecified atom stereocenters. The van der Waals surface area contributed by atoms with E-state index >= 15 is 0 Å². The summed E-state index contributed by atoms with van der Waals surface area (Å²) < 4.78 is 13.5. The van der Waals surface area contributed by atoms with Gasteiger partial charge in [0.15, 0.2) is 0 Å². The fourth-order valence-corrected chi connectivity index (χ4v) is 1.48. The van der Waals surface area contributed by atoms with Gasteiger partial charge in [-0.1, -0.05) is 0 Å². The Hall–Kier alpha value is -3.03. The smallest absolute Gasteiger partial charge is 0.270 e. The minimum absolute atomic E-state index is 0.268. The molecule has 0 aliphatic carbocycles. The van der Waals surface area contributed by atoms with Crippen LogP contribution < -0.4 is 11.1 Å². The Labute approximate surface area is 112 Å². The van der Waals surface area contributed by atoms with Gasteiger partial charge in [0.25, 0.3) is 11.6 Å². The molecular weight excluding hydrogens is 267 g/mol. The number of hydrogen-bond acceptors (Lipinski definition) is 5. The fourth-order valence-electron chi connectivity index (χ4n) is 1.48. The summed E-state index contributed by atoms with van der Waals surface area (Å²) in [5.74, 6) is -1.39. The average molecular weight is 276 g/mol. The number of pyridine rings is 1. The average Bonchev–Trinajstić information content (AvgIpc) is 2.41. The largest absolute Gasteiger partial charge is 0.384 e. The molecule has 0 aliphatic rings. The Kier molecular flexibility index (Phi) is 3.56. The van der Waals surface area contributed by atoms with E-state index in [0.717, 1.165) is 18.2 Å². The van der Waals surface area contributed by atoms with E-state index in [-0.39, 0.29) is 11.5 Å². The van der Waals surface area contributed by atoms with Crippen LogP contribution >= 0.6 is 0 Å². The number of nitro groups is 1. The van der Waals surface area contributed by atoms with Crippen molar-refractivity contribution in [1.82, 2.24) is 4.98 Å². The number of rotatable bonds is 3. The van der Waals surface area contributed by atoms with Gasteiger partial charge in [0.1, 0.15) is 11.6 Å². The number of carbonyl (C=O) groups is 1. The molecular formula is C12H9FN4O3. The summed E-state index contributed by atoms with van der Waals surface area (Å²) in [6, 6.07) is 5.66. The number of hydrogen-bond donors (Lipinski definition) is 2. The maximum atomic E-state index is 13.5. The van der Waals surface area contributed by atoms with E-state index in [0.29, 0.717) is 5.69 Å². The number of aromatic nitrogens is 1. The molecule has 7 nitrogen and oxygen atoms in total. The number of nitrogens with one attached hydrogen (secondary N) is 1. The second kappa shape index (κ2) is 5.31. The van der Waals surface area contributed by atoms with Crippen LogP contribution in [0.25, 0.3) is 0 Å². The zero-order valence-corrected chi connectivity index (χ0v) is 10.0. The predicted molar refractivity (Wildman–Crippen MR) is 69.7 cm³/mol. The van der Waals surface area contributed by atoms with E-state index in [4.69, 9.17) is 5.73 Å². The predicted octanol–water partition coefficient (Wildman–Crippen LogP) is 1.96. The Morgan fingerprint density at radius 2 is 2.10 bits per heavy atom. The molecule has 0 saturated heterocycles. The first-order valence-electron chi connectivity index (χ1n) is 5.44. The van der Waals surface area contributed by atoms with Crippen molar-refractivity contribution in [1.29, 1.82) is 0 Å². The Morgan fingerprint density at radius 3 is 2.70 bits per heavy atom. The van der Waals surface area contributed by atoms with Gasteiger partial charge >= 0.3 is 0 Å². The molecule has 3 N–H and O–H groups in total. The van der Waals surface area contributed by atoms with Crippen LogP contribution in [0.5, 0.6) is 0 Å². The van der Waals surface area contributed by atoms with Crippen molar-refractivity contribution in [3.63, 3.8) is 0 Å². The van der Waals surface area contributed by atoms with Gasteiger partial charge in [-0.15, -0.1) is 0 Å². The third kappa shape index (κ3) is 2.86. The summed E-state index contributed by atoms with van der Waals surface area (Å²) in [6.07, 6.45) is 1.29. The van der Waals surface area contributed by atoms with Gasteiger partial charge < -0.3 is 11.1 Å². The molecule has 1 amide bonds. The van der Waals surface area contributed by atoms with E-state index in [2.05, 4.69) is 10.3 Å². The first-order valence-corrected chi connectivity index (χ1v) is 5.44. The highest BCUT2D eigenvalue weighted by Crippen LogP contribution is 2.18. The van der Waals surface area contributed by atoms with Gasteiger partial charge in [-0.3, -0.25) is 14.9 Å². The van der Waals surface area contributed by atoms with Gasteiger partial charge in [-0.25, -0.2) is 9.37 Å². The minimum atomic E-state index is -0.850. The van der Waals surface area contributed by atoms with Crippen molar-refractivity contribution >= 4 is 23.1 Å². The highest BCUT2D eigenvalue weighted by atomic mass is 19.1. The first-order chi connectivity index (χ1) is 9.47. The standard InChI is InChI=1S/C12H9FN4O3/c13-10-3-2-8(17(19)20)5-9(10)12(18)16-7-1-4-11(14)15-6-7/h1-6H,(H2,14,15)(H,16,18). The normalized spacial score (nSPS) is 10.1. The molecule has 0 aliphatic heterocycles. The number of nitrogen functional groups attached to an aromatic ring is 1. The molecule has 0 atom stereocenters. The first kappa shape index (κ1) is 13.4. The second-order valence-corrected chi connectivity index (χ2v) is 3.85. The number of anilines is 2. The minimum Gasteiger partial charge on any atom is -0.384 e. The lowest BCUT2D eigenvalue weighted by Crippen LogP contribution is -2.14. The number of non-ortho nitro benzene ring substituents is 1. The number of carbonyl (C=O) groups excluding carboxylic acids is 1. The van der Waals surface area contributed by atoms with Crippen LogP contribution in [-0.2, 0) is 0 Å². The topological polar surface area (TPSA) is 111 Å². The van der Waals surface area contributed by atoms with Crippen molar-refractivity contribution in [2.24, 2.45) is 0 Å². The molecule has 2 aromatic rings. The van der Waals surface area contributed by atoms with Crippen LogP contribution in [0.3, 0.4) is 0 Å². The number of halogens is 1. The van der Waals surface area contributed by atoms with Crippen LogP contribution in [0.1, 0.15) is 10.4 Å². The third-order valence-corrected chi connectivity index (χ3v) is 2.45. The maximum Gasteiger partial charge on any atom is 0.270 e. The lowest BCUT2D eigenvalue weighted by atomic mass is 10.1. The summed E-state index contributed by atoms with van der Waals surface area (Å²) in [7, 11) is 0. The van der Waals surface area contributed by atoms with Crippen LogP contribution in [0, 0.1) is 15.9 Å². The lowest BCUT2D eigenvalue weighted by molar-refractivity contribution is -0.384. The molecule has 1 aromatic heterocycles. The number of nitro benzene ring substituents is 1. The van der Waals surface area contributed by atoms with Crippen molar-refractivity contribution in [2.75, 3.05) is 11.1 Å². The van der Waals surface area contributed by atoms with Crippen LogP contribution in [0.4, 0.5) is 21.6 Å². The highest BCUT2D eigenvalue weighted by Gasteiger charge is 2.17. The Morgan fingerprint density at radius 1 is 1.35 bits per heavy atom. The van der Waals surface area contributed by atoms with Gasteiger partial charge in [0.05, 0.1) is 22.4 Å². The van der Waals surface area contributed by atoms with E-state index < -0.39 is 22.2 Å². The van der Waals surface area contributed by atoms with Gasteiger partial charge in [0.2, 0.25) is 0 Å². The molecule has 20 heavy (non-hydrogen) atoms. The fraction of sp³-hybridized carbons (Fsp3) is 0. The lowest BCUT2D eigenvalue weighted by Gasteiger charge is -2.06. The second-order valence-electron chi connectivity index (χ2n) is 3.85. The number of nitrogens with two attached hydrogens (primary N) is 1. The molecule has 1 aromatic carbocycles. The number of nitrogens with zero attached hydrogens (tertiary/aromatic N) is 2. The van der Waals surface area contributed by atoms with Crippen LogP contribution in [-0.4, -0.2) is 15.8 Å². The molecule has 0 fully saturated rings. The van der Waals surface area contributed by atoms with Crippen molar-refractivity contribution in [3.8, 4) is 0 Å². The molecule has 0 saturated carbocycles. The monoisotopic (exact) mass is 276 g/mol. The Balaban J connectivity index is 2.26. The molecule has 8 heteroatoms. The zero-order valence-electron chi connectivity index (χ0n) is 10.0. The molecule has 2 rings (SSSR count). The highest BCUT2D eigenvalue weighted by molar-refractivity contribution is 6.04. The van der Waals surface area contributed by atoms with Crippen molar-refractivity contribution in [2.45, 2.75) is 0 Å². The number of amides is 1. The summed E-state index contributed by atoms with van der Waals surface area (Å²) in [5.41, 5.74) is 4.90. The summed E-state index contributed by atoms with van der Waals surface area (Å²) in [6.45, 7) is 0. The number of benzene rings is 1. The molecule has 102 valence electrons. The van der Waals surface area contributed by atoms with Gasteiger partial charge in [-0.2, -0.15) is 0 Å². The van der Waals surface area contributed by atoms with Crippen LogP contribution in [0.2, 0.25) is 0 Å². The summed E-state index contributed by atoms with van der Waals surface area (Å²) in [5, 5.41) is 13.0. The van der Waals surface area contributed by atoms with E-state index in [1.807, 2.05) is 0 Å². The summed E-state index contributed by atoms with van der Waals surface area (Å²) in [4.78, 5) is 25.5. The molecule has 1 heterocycles. The van der Waals surface area contributed by atoms with Crippen LogP contribution in [0.15, 0.2) is 36.5 Å². The van der Waals surface area contributed by atoms with Gasteiger partial charge in [0, 0.05) is 12.1 Å².